The van der Waals surface area contributed by atoms with Gasteiger partial charge in [-0.3, -0.25) is 0 Å². The summed E-state index contributed by atoms with van der Waals surface area (Å²) >= 11 is 0. The summed E-state index contributed by atoms with van der Waals surface area (Å²) in [4.78, 5) is 4.49. The topological polar surface area (TPSA) is 21.6 Å². The van der Waals surface area contributed by atoms with Crippen molar-refractivity contribution in [1.29, 1.82) is 0 Å². The Bertz CT molecular complexity index is 153. The molecule has 0 amide bonds. The van der Waals surface area contributed by atoms with Crippen molar-refractivity contribution in [3.8, 4) is 11.8 Å². The van der Waals surface area contributed by atoms with E-state index in [1.54, 1.807) is 13.3 Å². The predicted molar refractivity (Wildman–Crippen MR) is 47.1 cm³/mol. The second kappa shape index (κ2) is 9.03. The van der Waals surface area contributed by atoms with Gasteiger partial charge in [0.1, 0.15) is 7.11 Å². The van der Waals surface area contributed by atoms with Gasteiger partial charge >= 0.3 is 0 Å². The Morgan fingerprint density at radius 1 is 1.55 bits per heavy atom. The molecule has 0 aliphatic rings. The molecule has 1 radical (unpaired) electrons. The Kier molecular flexibility index (Phi) is 8.23. The summed E-state index contributed by atoms with van der Waals surface area (Å²) in [5, 5.41) is 3.60. The molecule has 0 fully saturated rings. The van der Waals surface area contributed by atoms with E-state index >= 15 is 0 Å². The minimum Gasteiger partial charge on any atom is -0.399 e. The quantitative estimate of drug-likeness (QED) is 0.261. The molecule has 0 saturated carbocycles. The minimum absolute atomic E-state index is 0.701. The van der Waals surface area contributed by atoms with Crippen LogP contribution in [-0.4, -0.2) is 13.3 Å². The van der Waals surface area contributed by atoms with E-state index in [0.717, 1.165) is 19.3 Å². The second-order valence-corrected chi connectivity index (χ2v) is 1.97. The van der Waals surface area contributed by atoms with Crippen LogP contribution in [0.15, 0.2) is 5.16 Å². The van der Waals surface area contributed by atoms with E-state index in [9.17, 15) is 0 Å². The zero-order valence-electron chi connectivity index (χ0n) is 6.97. The molecule has 0 N–H and O–H groups in total. The summed E-state index contributed by atoms with van der Waals surface area (Å²) < 4.78 is 0. The molecule has 0 spiro atoms. The predicted octanol–water partition coefficient (Wildman–Crippen LogP) is 2.02. The van der Waals surface area contributed by atoms with Gasteiger partial charge in [-0.05, 0) is 19.8 Å². The maximum Gasteiger partial charge on any atom is 0.106 e. The summed E-state index contributed by atoms with van der Waals surface area (Å²) in [6.45, 7) is 3.61. The Hall–Kier alpha value is -0.970. The van der Waals surface area contributed by atoms with E-state index < -0.39 is 0 Å². The lowest BCUT2D eigenvalue weighted by molar-refractivity contribution is 0.214. The highest BCUT2D eigenvalue weighted by Crippen LogP contribution is 1.90. The van der Waals surface area contributed by atoms with Gasteiger partial charge in [0.15, 0.2) is 0 Å². The fourth-order valence-electron chi connectivity index (χ4n) is 0.586. The first-order valence-corrected chi connectivity index (χ1v) is 3.71. The van der Waals surface area contributed by atoms with E-state index in [-0.39, 0.29) is 0 Å². The van der Waals surface area contributed by atoms with Gasteiger partial charge in [0.2, 0.25) is 0 Å². The molecule has 0 aromatic carbocycles. The monoisotopic (exact) mass is 152 g/mol. The Labute approximate surface area is 68.6 Å². The molecule has 2 nitrogen and oxygen atoms in total. The average molecular weight is 152 g/mol. The number of rotatable bonds is 4. The van der Waals surface area contributed by atoms with Gasteiger partial charge in [-0.25, -0.2) is 0 Å². The van der Waals surface area contributed by atoms with Gasteiger partial charge < -0.3 is 4.84 Å². The first-order valence-electron chi connectivity index (χ1n) is 3.71. The van der Waals surface area contributed by atoms with Crippen molar-refractivity contribution in [2.24, 2.45) is 5.16 Å². The fourth-order valence-corrected chi connectivity index (χ4v) is 0.586. The average Bonchev–Trinajstić information content (AvgIpc) is 2.03. The lowest BCUT2D eigenvalue weighted by Crippen LogP contribution is -1.77. The van der Waals surface area contributed by atoms with Gasteiger partial charge in [-0.15, -0.1) is 11.8 Å². The van der Waals surface area contributed by atoms with E-state index in [0.29, 0.717) is 6.42 Å². The van der Waals surface area contributed by atoms with Crippen LogP contribution in [0.5, 0.6) is 0 Å². The van der Waals surface area contributed by atoms with E-state index in [4.69, 9.17) is 0 Å². The molecule has 0 bridgehead atoms. The molecule has 0 atom stereocenters. The Morgan fingerprint density at radius 2 is 2.36 bits per heavy atom. The van der Waals surface area contributed by atoms with Crippen LogP contribution < -0.4 is 0 Å². The number of unbranched alkanes of at least 4 members (excludes halogenated alkanes) is 2. The molecule has 0 aromatic rings. The standard InChI is InChI=1S/C9H14NO/c1-3-4-5-6-7-8-9-10-11-2/h9H,1,3,6-8H2,2H3/b10-9-. The van der Waals surface area contributed by atoms with Crippen molar-refractivity contribution < 1.29 is 4.84 Å². The van der Waals surface area contributed by atoms with E-state index in [2.05, 4.69) is 28.8 Å². The summed E-state index contributed by atoms with van der Waals surface area (Å²) in [5.41, 5.74) is 0. The molecule has 0 aliphatic heterocycles. The van der Waals surface area contributed by atoms with Crippen molar-refractivity contribution in [2.75, 3.05) is 7.11 Å². The summed E-state index contributed by atoms with van der Waals surface area (Å²) in [6, 6.07) is 0. The third-order valence-corrected chi connectivity index (χ3v) is 1.06. The van der Waals surface area contributed by atoms with Crippen LogP contribution in [0.2, 0.25) is 0 Å². The van der Waals surface area contributed by atoms with Crippen molar-refractivity contribution in [1.82, 2.24) is 0 Å². The smallest absolute Gasteiger partial charge is 0.106 e. The number of hydrogen-bond acceptors (Lipinski definition) is 2. The molecule has 11 heavy (non-hydrogen) atoms. The van der Waals surface area contributed by atoms with Crippen molar-refractivity contribution in [2.45, 2.75) is 25.7 Å². The van der Waals surface area contributed by atoms with Crippen LogP contribution in [0.25, 0.3) is 0 Å². The number of oxime groups is 1. The molecule has 61 valence electrons. The highest BCUT2D eigenvalue weighted by Gasteiger charge is 1.79. The zero-order valence-corrected chi connectivity index (χ0v) is 6.97. The Morgan fingerprint density at radius 3 is 3.00 bits per heavy atom. The lowest BCUT2D eigenvalue weighted by atomic mass is 10.2. The molecule has 0 unspecified atom stereocenters. The van der Waals surface area contributed by atoms with E-state index in [1.165, 1.54) is 0 Å². The molecule has 0 aliphatic carbocycles. The Balaban J connectivity index is 3.08. The van der Waals surface area contributed by atoms with Gasteiger partial charge in [0.25, 0.3) is 0 Å². The van der Waals surface area contributed by atoms with Gasteiger partial charge in [-0.2, -0.15) is 0 Å². The molecule has 0 saturated heterocycles. The van der Waals surface area contributed by atoms with Gasteiger partial charge in [0, 0.05) is 19.1 Å². The minimum atomic E-state index is 0.701. The molecule has 2 heteroatoms. The maximum absolute atomic E-state index is 4.49. The third kappa shape index (κ3) is 9.03. The number of nitrogens with zero attached hydrogens (tertiary/aromatic N) is 1. The van der Waals surface area contributed by atoms with Crippen LogP contribution in [0.1, 0.15) is 25.7 Å². The van der Waals surface area contributed by atoms with Crippen LogP contribution in [0.3, 0.4) is 0 Å². The van der Waals surface area contributed by atoms with E-state index in [1.807, 2.05) is 0 Å². The molecular formula is C9H14NO. The SMILES string of the molecule is [CH2]CC#CCCC/C=N\OC. The first kappa shape index (κ1) is 10.0. The largest absolute Gasteiger partial charge is 0.399 e. The summed E-state index contributed by atoms with van der Waals surface area (Å²) in [7, 11) is 1.54. The van der Waals surface area contributed by atoms with Crippen LogP contribution in [0, 0.1) is 18.8 Å². The first-order chi connectivity index (χ1) is 5.41. The summed E-state index contributed by atoms with van der Waals surface area (Å²) in [6.07, 6.45) is 5.35. The van der Waals surface area contributed by atoms with Crippen LogP contribution in [0.4, 0.5) is 0 Å². The molecule has 0 heterocycles. The van der Waals surface area contributed by atoms with Crippen LogP contribution in [-0.2, 0) is 4.84 Å². The summed E-state index contributed by atoms with van der Waals surface area (Å²) in [5.74, 6) is 5.90. The zero-order chi connectivity index (χ0) is 8.36. The van der Waals surface area contributed by atoms with Gasteiger partial charge in [0.05, 0.1) is 0 Å². The molecule has 0 rings (SSSR count). The lowest BCUT2D eigenvalue weighted by Gasteiger charge is -1.86. The van der Waals surface area contributed by atoms with Crippen molar-refractivity contribution in [3.63, 3.8) is 0 Å². The highest BCUT2D eigenvalue weighted by molar-refractivity contribution is 5.56. The normalized spacial score (nSPS) is 9.27. The highest BCUT2D eigenvalue weighted by atomic mass is 16.6. The van der Waals surface area contributed by atoms with Crippen LogP contribution >= 0.6 is 0 Å². The third-order valence-electron chi connectivity index (χ3n) is 1.06. The number of hydrogen-bond donors (Lipinski definition) is 0. The molecular weight excluding hydrogens is 138 g/mol. The maximum atomic E-state index is 4.49. The fraction of sp³-hybridized carbons (Fsp3) is 0.556. The second-order valence-electron chi connectivity index (χ2n) is 1.97. The molecule has 0 aromatic heterocycles. The van der Waals surface area contributed by atoms with Crippen molar-refractivity contribution in [3.05, 3.63) is 6.92 Å². The van der Waals surface area contributed by atoms with Gasteiger partial charge in [-0.1, -0.05) is 5.16 Å². The van der Waals surface area contributed by atoms with Crippen molar-refractivity contribution >= 4 is 6.21 Å².